The van der Waals surface area contributed by atoms with Crippen LogP contribution in [0.5, 0.6) is 0 Å². The van der Waals surface area contributed by atoms with Gasteiger partial charge in [-0.25, -0.2) is 9.37 Å². The van der Waals surface area contributed by atoms with E-state index in [0.717, 1.165) is 38.1 Å². The molecule has 1 amide bonds. The molecule has 0 saturated heterocycles. The molecule has 7 nitrogen and oxygen atoms in total. The highest BCUT2D eigenvalue weighted by Gasteiger charge is 2.17. The molecule has 0 atom stereocenters. The summed E-state index contributed by atoms with van der Waals surface area (Å²) in [5.74, 6) is 0.618. The second kappa shape index (κ2) is 8.55. The van der Waals surface area contributed by atoms with Gasteiger partial charge in [0.05, 0.1) is 11.4 Å². The highest BCUT2D eigenvalue weighted by atomic mass is 35.5. The number of rotatable bonds is 4. The van der Waals surface area contributed by atoms with Crippen molar-refractivity contribution in [2.45, 2.75) is 32.2 Å². The molecule has 9 heteroatoms. The molecular weight excluding hydrogens is 431 g/mol. The van der Waals surface area contributed by atoms with Gasteiger partial charge in [-0.1, -0.05) is 24.1 Å². The van der Waals surface area contributed by atoms with Gasteiger partial charge in [0.1, 0.15) is 17.3 Å². The normalized spacial score (nSPS) is 13.9. The smallest absolute Gasteiger partial charge is 0.248 e. The molecule has 1 N–H and O–H groups in total. The summed E-state index contributed by atoms with van der Waals surface area (Å²) in [5.41, 5.74) is 2.02. The van der Waals surface area contributed by atoms with Crippen molar-refractivity contribution >= 4 is 34.9 Å². The van der Waals surface area contributed by atoms with E-state index >= 15 is 0 Å². The van der Waals surface area contributed by atoms with Crippen molar-refractivity contribution in [1.29, 1.82) is 0 Å². The van der Waals surface area contributed by atoms with Crippen LogP contribution >= 0.6 is 11.6 Å². The molecule has 0 aliphatic carbocycles. The molecule has 0 radical (unpaired) electrons. The van der Waals surface area contributed by atoms with Crippen LogP contribution in [-0.2, 0) is 17.8 Å². The number of amides is 1. The summed E-state index contributed by atoms with van der Waals surface area (Å²) in [6.45, 7) is 0.833. The predicted octanol–water partition coefficient (Wildman–Crippen LogP) is 4.76. The number of imidazole rings is 1. The number of benzene rings is 1. The van der Waals surface area contributed by atoms with Crippen LogP contribution in [0.25, 0.3) is 23.1 Å². The maximum Gasteiger partial charge on any atom is 0.248 e. The maximum atomic E-state index is 14.4. The molecule has 0 bridgehead atoms. The van der Waals surface area contributed by atoms with Gasteiger partial charge in [0.25, 0.3) is 0 Å². The van der Waals surface area contributed by atoms with Crippen LogP contribution in [0, 0.1) is 5.82 Å². The Labute approximate surface area is 188 Å². The number of halogens is 2. The van der Waals surface area contributed by atoms with E-state index in [2.05, 4.69) is 25.1 Å². The first-order valence-corrected chi connectivity index (χ1v) is 10.8. The third kappa shape index (κ3) is 3.89. The van der Waals surface area contributed by atoms with Crippen LogP contribution in [0.15, 0.2) is 48.7 Å². The van der Waals surface area contributed by atoms with Gasteiger partial charge in [-0.2, -0.15) is 0 Å². The number of hydrogen-bond acceptors (Lipinski definition) is 4. The van der Waals surface area contributed by atoms with Crippen molar-refractivity contribution in [2.75, 3.05) is 5.32 Å². The van der Waals surface area contributed by atoms with Gasteiger partial charge in [-0.3, -0.25) is 9.20 Å². The average molecular weight is 451 g/mol. The Morgan fingerprint density at radius 3 is 2.97 bits per heavy atom. The van der Waals surface area contributed by atoms with Crippen molar-refractivity contribution in [2.24, 2.45) is 0 Å². The largest absolute Gasteiger partial charge is 0.320 e. The number of fused-ring (bicyclic) bond motifs is 2. The molecule has 1 aliphatic heterocycles. The second-order valence-corrected chi connectivity index (χ2v) is 7.99. The molecule has 1 aliphatic rings. The van der Waals surface area contributed by atoms with Gasteiger partial charge < -0.3 is 9.88 Å². The standard InChI is InChI=1S/C23H20ClFN6O/c24-22-18(30-12-5-3-6-19(30)27-22)10-11-21(32)26-17-14-15(8-9-16(17)25)23-29-28-20-7-2-1-4-13-31(20)23/h3,5-6,8-12,14H,1-2,4,7,13H2,(H,26,32)/b11-10+. The fraction of sp³-hybridized carbons (Fsp3) is 0.217. The fourth-order valence-corrected chi connectivity index (χ4v) is 4.16. The van der Waals surface area contributed by atoms with Crippen molar-refractivity contribution in [1.82, 2.24) is 24.1 Å². The minimum absolute atomic E-state index is 0.0763. The van der Waals surface area contributed by atoms with Gasteiger partial charge in [0.15, 0.2) is 11.0 Å². The lowest BCUT2D eigenvalue weighted by molar-refractivity contribution is -0.111. The monoisotopic (exact) mass is 450 g/mol. The number of pyridine rings is 1. The molecular formula is C23H20ClFN6O. The fourth-order valence-electron chi connectivity index (χ4n) is 3.92. The first kappa shape index (κ1) is 20.4. The number of anilines is 1. The summed E-state index contributed by atoms with van der Waals surface area (Å²) in [7, 11) is 0. The van der Waals surface area contributed by atoms with Gasteiger partial charge >= 0.3 is 0 Å². The van der Waals surface area contributed by atoms with Crippen molar-refractivity contribution in [3.8, 4) is 11.4 Å². The number of aryl methyl sites for hydroxylation is 1. The topological polar surface area (TPSA) is 77.1 Å². The lowest BCUT2D eigenvalue weighted by Crippen LogP contribution is -2.10. The lowest BCUT2D eigenvalue weighted by atomic mass is 10.1. The number of carbonyl (C=O) groups excluding carboxylic acids is 1. The predicted molar refractivity (Wildman–Crippen MR) is 121 cm³/mol. The van der Waals surface area contributed by atoms with Crippen molar-refractivity contribution in [3.05, 3.63) is 71.2 Å². The van der Waals surface area contributed by atoms with Gasteiger partial charge in [0, 0.05) is 30.8 Å². The Morgan fingerprint density at radius 1 is 1.16 bits per heavy atom. The molecule has 1 aromatic carbocycles. The molecule has 0 saturated carbocycles. The van der Waals surface area contributed by atoms with E-state index in [1.54, 1.807) is 28.8 Å². The molecule has 0 unspecified atom stereocenters. The first-order valence-electron chi connectivity index (χ1n) is 10.4. The molecule has 5 rings (SSSR count). The first-order chi connectivity index (χ1) is 15.6. The Morgan fingerprint density at radius 2 is 2.06 bits per heavy atom. The summed E-state index contributed by atoms with van der Waals surface area (Å²) < 4.78 is 18.3. The van der Waals surface area contributed by atoms with Crippen molar-refractivity contribution in [3.63, 3.8) is 0 Å². The highest BCUT2D eigenvalue weighted by Crippen LogP contribution is 2.27. The van der Waals surface area contributed by atoms with Gasteiger partial charge in [0.2, 0.25) is 5.91 Å². The average Bonchev–Trinajstić information content (AvgIpc) is 3.24. The van der Waals surface area contributed by atoms with Crippen LogP contribution in [0.1, 0.15) is 30.8 Å². The number of aromatic nitrogens is 5. The molecule has 0 fully saturated rings. The van der Waals surface area contributed by atoms with Crippen LogP contribution in [0.3, 0.4) is 0 Å². The van der Waals surface area contributed by atoms with Crippen molar-refractivity contribution < 1.29 is 9.18 Å². The van der Waals surface area contributed by atoms with E-state index in [9.17, 15) is 9.18 Å². The number of carbonyl (C=O) groups is 1. The Hall–Kier alpha value is -3.52. The summed E-state index contributed by atoms with van der Waals surface area (Å²) in [6.07, 6.45) is 8.84. The Kier molecular flexibility index (Phi) is 5.45. The van der Waals surface area contributed by atoms with Gasteiger partial charge in [-0.05, 0) is 49.2 Å². The Balaban J connectivity index is 1.39. The minimum Gasteiger partial charge on any atom is -0.320 e. The SMILES string of the molecule is O=C(/C=C/c1c(Cl)nc2ccccn12)Nc1cc(-c2nnc3n2CCCCC3)ccc1F. The summed E-state index contributed by atoms with van der Waals surface area (Å²) in [4.78, 5) is 16.8. The maximum absolute atomic E-state index is 14.4. The lowest BCUT2D eigenvalue weighted by Gasteiger charge is -2.09. The van der Waals surface area contributed by atoms with Crippen LogP contribution < -0.4 is 5.32 Å². The molecule has 4 heterocycles. The Bertz CT molecular complexity index is 1340. The van der Waals surface area contributed by atoms with Crippen LogP contribution in [0.2, 0.25) is 5.15 Å². The molecule has 4 aromatic rings. The zero-order valence-corrected chi connectivity index (χ0v) is 17.9. The number of nitrogens with one attached hydrogen (secondary N) is 1. The minimum atomic E-state index is -0.529. The van der Waals surface area contributed by atoms with E-state index < -0.39 is 11.7 Å². The molecule has 0 spiro atoms. The summed E-state index contributed by atoms with van der Waals surface area (Å²) in [5, 5.41) is 11.5. The van der Waals surface area contributed by atoms with Crippen LogP contribution in [-0.4, -0.2) is 30.1 Å². The van der Waals surface area contributed by atoms with E-state index in [0.29, 0.717) is 22.7 Å². The third-order valence-electron chi connectivity index (χ3n) is 5.51. The molecule has 3 aromatic heterocycles. The number of hydrogen-bond donors (Lipinski definition) is 1. The van der Waals surface area contributed by atoms with E-state index in [4.69, 9.17) is 11.6 Å². The summed E-state index contributed by atoms with van der Waals surface area (Å²) in [6, 6.07) is 10.1. The van der Waals surface area contributed by atoms with Crippen LogP contribution in [0.4, 0.5) is 10.1 Å². The highest BCUT2D eigenvalue weighted by molar-refractivity contribution is 6.31. The molecule has 32 heavy (non-hydrogen) atoms. The van der Waals surface area contributed by atoms with E-state index in [-0.39, 0.29) is 10.8 Å². The number of nitrogens with zero attached hydrogens (tertiary/aromatic N) is 5. The van der Waals surface area contributed by atoms with Gasteiger partial charge in [-0.15, -0.1) is 10.2 Å². The summed E-state index contributed by atoms with van der Waals surface area (Å²) >= 11 is 6.19. The van der Waals surface area contributed by atoms with E-state index in [1.165, 1.54) is 12.1 Å². The van der Waals surface area contributed by atoms with E-state index in [1.807, 2.05) is 18.2 Å². The quantitative estimate of drug-likeness (QED) is 0.454. The molecule has 162 valence electrons. The third-order valence-corrected chi connectivity index (χ3v) is 5.78. The zero-order valence-electron chi connectivity index (χ0n) is 17.1. The second-order valence-electron chi connectivity index (χ2n) is 7.64. The zero-order chi connectivity index (χ0) is 22.1.